The molecule has 0 saturated heterocycles. The van der Waals surface area contributed by atoms with Gasteiger partial charge in [-0.05, 0) is 30.7 Å². The number of amides is 3. The number of carboxylic acid groups (broad SMARTS) is 1. The number of aliphatic carboxylic acids is 1. The van der Waals surface area contributed by atoms with Crippen molar-refractivity contribution in [1.82, 2.24) is 5.32 Å². The van der Waals surface area contributed by atoms with Gasteiger partial charge in [0.1, 0.15) is 13.2 Å². The first-order chi connectivity index (χ1) is 9.38. The van der Waals surface area contributed by atoms with E-state index in [0.717, 1.165) is 5.56 Å². The van der Waals surface area contributed by atoms with Crippen molar-refractivity contribution < 1.29 is 24.2 Å². The summed E-state index contributed by atoms with van der Waals surface area (Å²) in [4.78, 5) is 32.9. The number of aryl methyl sites for hydroxylation is 1. The van der Waals surface area contributed by atoms with Gasteiger partial charge in [0.15, 0.2) is 0 Å². The van der Waals surface area contributed by atoms with E-state index in [2.05, 4.69) is 10.1 Å². The molecule has 1 aromatic rings. The van der Waals surface area contributed by atoms with Crippen LogP contribution in [0.4, 0.5) is 10.5 Å². The Morgan fingerprint density at radius 3 is 2.60 bits per heavy atom. The standard InChI is InChI=1S/C12H13ClN2O5/c1-7-4-8(13)2-3-9(7)14-12(19)15-10(16)5-20-6-11(17)18/h2-4H,5-6H2,1H3,(H,17,18)(H2,14,15,16,19). The van der Waals surface area contributed by atoms with Crippen molar-refractivity contribution in [3.8, 4) is 0 Å². The molecule has 0 aliphatic heterocycles. The van der Waals surface area contributed by atoms with Crippen molar-refractivity contribution in [3.63, 3.8) is 0 Å². The van der Waals surface area contributed by atoms with Gasteiger partial charge in [0.2, 0.25) is 0 Å². The van der Waals surface area contributed by atoms with E-state index in [1.807, 2.05) is 5.32 Å². The number of imide groups is 1. The average Bonchev–Trinajstić information content (AvgIpc) is 2.32. The largest absolute Gasteiger partial charge is 0.480 e. The lowest BCUT2D eigenvalue weighted by Gasteiger charge is -2.09. The lowest BCUT2D eigenvalue weighted by molar-refractivity contribution is -0.143. The molecule has 1 rings (SSSR count). The van der Waals surface area contributed by atoms with Crippen LogP contribution in [0.5, 0.6) is 0 Å². The molecule has 1 aromatic carbocycles. The highest BCUT2D eigenvalue weighted by Gasteiger charge is 2.10. The summed E-state index contributed by atoms with van der Waals surface area (Å²) in [7, 11) is 0. The van der Waals surface area contributed by atoms with Gasteiger partial charge in [-0.2, -0.15) is 0 Å². The minimum atomic E-state index is -1.20. The second kappa shape index (κ2) is 7.46. The summed E-state index contributed by atoms with van der Waals surface area (Å²) >= 11 is 5.77. The molecular formula is C12H13ClN2O5. The second-order valence-corrected chi connectivity index (χ2v) is 4.28. The molecule has 8 heteroatoms. The Balaban J connectivity index is 2.43. The van der Waals surface area contributed by atoms with Crippen LogP contribution in [-0.2, 0) is 14.3 Å². The smallest absolute Gasteiger partial charge is 0.329 e. The lowest BCUT2D eigenvalue weighted by Crippen LogP contribution is -2.37. The van der Waals surface area contributed by atoms with E-state index in [-0.39, 0.29) is 0 Å². The van der Waals surface area contributed by atoms with Gasteiger partial charge < -0.3 is 15.2 Å². The summed E-state index contributed by atoms with van der Waals surface area (Å²) in [6.45, 7) is 0.629. The zero-order valence-electron chi connectivity index (χ0n) is 10.6. The van der Waals surface area contributed by atoms with Crippen LogP contribution < -0.4 is 10.6 Å². The Labute approximate surface area is 119 Å². The van der Waals surface area contributed by atoms with Gasteiger partial charge in [0.05, 0.1) is 0 Å². The zero-order chi connectivity index (χ0) is 15.1. The highest BCUT2D eigenvalue weighted by atomic mass is 35.5. The number of benzene rings is 1. The zero-order valence-corrected chi connectivity index (χ0v) is 11.4. The van der Waals surface area contributed by atoms with E-state index in [1.54, 1.807) is 25.1 Å². The van der Waals surface area contributed by atoms with Gasteiger partial charge in [-0.3, -0.25) is 10.1 Å². The van der Waals surface area contributed by atoms with E-state index in [4.69, 9.17) is 16.7 Å². The molecule has 0 atom stereocenters. The Morgan fingerprint density at radius 2 is 2.00 bits per heavy atom. The number of hydrogen-bond acceptors (Lipinski definition) is 4. The summed E-state index contributed by atoms with van der Waals surface area (Å²) in [6.07, 6.45) is 0. The van der Waals surface area contributed by atoms with Gasteiger partial charge in [0.25, 0.3) is 5.91 Å². The molecule has 0 heterocycles. The normalized spacial score (nSPS) is 9.90. The number of urea groups is 1. The Kier molecular flexibility index (Phi) is 5.95. The Hall–Kier alpha value is -2.12. The number of halogens is 1. The summed E-state index contributed by atoms with van der Waals surface area (Å²) < 4.78 is 4.54. The van der Waals surface area contributed by atoms with E-state index >= 15 is 0 Å². The predicted molar refractivity (Wildman–Crippen MR) is 71.8 cm³/mol. The Morgan fingerprint density at radius 1 is 1.30 bits per heavy atom. The molecule has 0 radical (unpaired) electrons. The van der Waals surface area contributed by atoms with Gasteiger partial charge in [-0.1, -0.05) is 11.6 Å². The molecular weight excluding hydrogens is 288 g/mol. The molecule has 0 aliphatic carbocycles. The first-order valence-electron chi connectivity index (χ1n) is 5.55. The van der Waals surface area contributed by atoms with E-state index < -0.39 is 31.1 Å². The van der Waals surface area contributed by atoms with Crippen LogP contribution in [0.3, 0.4) is 0 Å². The van der Waals surface area contributed by atoms with Crippen LogP contribution in [0.25, 0.3) is 0 Å². The number of hydrogen-bond donors (Lipinski definition) is 3. The van der Waals surface area contributed by atoms with Crippen LogP contribution >= 0.6 is 11.6 Å². The molecule has 0 spiro atoms. The first kappa shape index (κ1) is 15.9. The van der Waals surface area contributed by atoms with Crippen LogP contribution in [-0.4, -0.2) is 36.2 Å². The fraction of sp³-hybridized carbons (Fsp3) is 0.250. The number of nitrogens with one attached hydrogen (secondary N) is 2. The molecule has 0 bridgehead atoms. The molecule has 20 heavy (non-hydrogen) atoms. The highest BCUT2D eigenvalue weighted by Crippen LogP contribution is 2.19. The lowest BCUT2D eigenvalue weighted by atomic mass is 10.2. The minimum Gasteiger partial charge on any atom is -0.480 e. The SMILES string of the molecule is Cc1cc(Cl)ccc1NC(=O)NC(=O)COCC(=O)O. The van der Waals surface area contributed by atoms with Crippen molar-refractivity contribution in [2.75, 3.05) is 18.5 Å². The summed E-state index contributed by atoms with van der Waals surface area (Å²) in [6, 6.07) is 4.12. The number of anilines is 1. The third kappa shape index (κ3) is 5.68. The van der Waals surface area contributed by atoms with Crippen molar-refractivity contribution in [2.45, 2.75) is 6.92 Å². The van der Waals surface area contributed by atoms with Crippen molar-refractivity contribution in [1.29, 1.82) is 0 Å². The van der Waals surface area contributed by atoms with Crippen LogP contribution in [0.1, 0.15) is 5.56 Å². The summed E-state index contributed by atoms with van der Waals surface area (Å²) in [5.41, 5.74) is 1.24. The van der Waals surface area contributed by atoms with Crippen LogP contribution in [0, 0.1) is 6.92 Å². The third-order valence-corrected chi connectivity index (χ3v) is 2.38. The molecule has 3 N–H and O–H groups in total. The minimum absolute atomic E-state index is 0.506. The fourth-order valence-corrected chi connectivity index (χ4v) is 1.54. The topological polar surface area (TPSA) is 105 Å². The second-order valence-electron chi connectivity index (χ2n) is 3.85. The Bertz CT molecular complexity index is 533. The van der Waals surface area contributed by atoms with Crippen molar-refractivity contribution in [3.05, 3.63) is 28.8 Å². The van der Waals surface area contributed by atoms with E-state index in [0.29, 0.717) is 10.7 Å². The fourth-order valence-electron chi connectivity index (χ4n) is 1.31. The van der Waals surface area contributed by atoms with Gasteiger partial charge >= 0.3 is 12.0 Å². The van der Waals surface area contributed by atoms with E-state index in [9.17, 15) is 14.4 Å². The number of ether oxygens (including phenoxy) is 1. The van der Waals surface area contributed by atoms with Gasteiger partial charge in [-0.15, -0.1) is 0 Å². The monoisotopic (exact) mass is 300 g/mol. The number of carbonyl (C=O) groups excluding carboxylic acids is 2. The third-order valence-electron chi connectivity index (χ3n) is 2.15. The highest BCUT2D eigenvalue weighted by molar-refractivity contribution is 6.30. The summed E-state index contributed by atoms with van der Waals surface area (Å²) in [5, 5.41) is 13.3. The number of carboxylic acids is 1. The van der Waals surface area contributed by atoms with Crippen LogP contribution in [0.15, 0.2) is 18.2 Å². The summed E-state index contributed by atoms with van der Waals surface area (Å²) in [5.74, 6) is -1.94. The van der Waals surface area contributed by atoms with Crippen molar-refractivity contribution >= 4 is 35.2 Å². The molecule has 0 unspecified atom stereocenters. The average molecular weight is 301 g/mol. The predicted octanol–water partition coefficient (Wildman–Crippen LogP) is 1.40. The molecule has 0 aliphatic rings. The maximum atomic E-state index is 11.5. The van der Waals surface area contributed by atoms with E-state index in [1.165, 1.54) is 0 Å². The number of rotatable bonds is 5. The number of carbonyl (C=O) groups is 3. The molecule has 0 aromatic heterocycles. The van der Waals surface area contributed by atoms with Crippen LogP contribution in [0.2, 0.25) is 5.02 Å². The molecule has 0 saturated carbocycles. The molecule has 0 fully saturated rings. The first-order valence-corrected chi connectivity index (χ1v) is 5.93. The van der Waals surface area contributed by atoms with Gasteiger partial charge in [-0.25, -0.2) is 9.59 Å². The maximum Gasteiger partial charge on any atom is 0.329 e. The maximum absolute atomic E-state index is 11.5. The molecule has 7 nitrogen and oxygen atoms in total. The molecule has 108 valence electrons. The molecule has 3 amide bonds. The van der Waals surface area contributed by atoms with Gasteiger partial charge in [0, 0.05) is 10.7 Å². The van der Waals surface area contributed by atoms with Crippen molar-refractivity contribution in [2.24, 2.45) is 0 Å². The quantitative estimate of drug-likeness (QED) is 0.762.